The first kappa shape index (κ1) is 17.8. The predicted octanol–water partition coefficient (Wildman–Crippen LogP) is 2.13. The highest BCUT2D eigenvalue weighted by atomic mass is 16.5. The molecule has 1 aliphatic heterocycles. The highest BCUT2D eigenvalue weighted by Crippen LogP contribution is 2.30. The third-order valence-electron chi connectivity index (χ3n) is 3.84. The summed E-state index contributed by atoms with van der Waals surface area (Å²) in [5.41, 5.74) is 1.20. The molecule has 0 atom stereocenters. The molecular formula is C19H13N3O5. The Hall–Kier alpha value is -3.99. The van der Waals surface area contributed by atoms with Crippen LogP contribution < -0.4 is 10.2 Å². The van der Waals surface area contributed by atoms with Gasteiger partial charge < -0.3 is 10.1 Å². The predicted molar refractivity (Wildman–Crippen MR) is 94.2 cm³/mol. The van der Waals surface area contributed by atoms with E-state index in [9.17, 15) is 19.2 Å². The van der Waals surface area contributed by atoms with Gasteiger partial charge in [-0.2, -0.15) is 5.26 Å². The van der Waals surface area contributed by atoms with Crippen molar-refractivity contribution < 1.29 is 23.9 Å². The van der Waals surface area contributed by atoms with Gasteiger partial charge in [-0.1, -0.05) is 0 Å². The van der Waals surface area contributed by atoms with Crippen molar-refractivity contribution in [2.24, 2.45) is 0 Å². The van der Waals surface area contributed by atoms with Gasteiger partial charge in [0.15, 0.2) is 6.61 Å². The lowest BCUT2D eigenvalue weighted by atomic mass is 10.1. The second kappa shape index (κ2) is 7.09. The summed E-state index contributed by atoms with van der Waals surface area (Å²) in [7, 11) is 0. The zero-order valence-corrected chi connectivity index (χ0v) is 14.2. The second-order valence-electron chi connectivity index (χ2n) is 5.67. The summed E-state index contributed by atoms with van der Waals surface area (Å²) in [4.78, 5) is 49.2. The molecule has 27 heavy (non-hydrogen) atoms. The lowest BCUT2D eigenvalue weighted by molar-refractivity contribution is -0.114. The number of nitrogens with zero attached hydrogens (tertiary/aromatic N) is 2. The van der Waals surface area contributed by atoms with E-state index < -0.39 is 24.4 Å². The molecule has 3 rings (SSSR count). The number of ether oxygens (including phenoxy) is 1. The van der Waals surface area contributed by atoms with Gasteiger partial charge in [0.2, 0.25) is 5.91 Å². The quantitative estimate of drug-likeness (QED) is 0.657. The Labute approximate surface area is 153 Å². The summed E-state index contributed by atoms with van der Waals surface area (Å²) in [5, 5.41) is 11.1. The summed E-state index contributed by atoms with van der Waals surface area (Å²) in [6.45, 7) is 0.965. The van der Waals surface area contributed by atoms with E-state index in [1.807, 2.05) is 0 Å². The molecule has 3 amide bonds. The molecule has 2 aromatic rings. The lowest BCUT2D eigenvalue weighted by Gasteiger charge is -2.14. The van der Waals surface area contributed by atoms with Crippen LogP contribution in [0.1, 0.15) is 38.0 Å². The number of carbonyl (C=O) groups is 4. The number of esters is 1. The number of rotatable bonds is 4. The first-order valence-corrected chi connectivity index (χ1v) is 7.87. The number of hydrogen-bond donors (Lipinski definition) is 1. The van der Waals surface area contributed by atoms with E-state index in [2.05, 4.69) is 5.32 Å². The SMILES string of the molecule is CC(=O)Nc1ccc(N2C(=O)c3ccc(C(=O)OCC#N)cc3C2=O)cc1. The minimum absolute atomic E-state index is 0.0769. The number of nitrogens with one attached hydrogen (secondary N) is 1. The fourth-order valence-corrected chi connectivity index (χ4v) is 2.68. The van der Waals surface area contributed by atoms with Crippen LogP contribution in [0, 0.1) is 11.3 Å². The third kappa shape index (κ3) is 3.39. The Bertz CT molecular complexity index is 1000. The van der Waals surface area contributed by atoms with Crippen LogP contribution in [0.3, 0.4) is 0 Å². The summed E-state index contributed by atoms with van der Waals surface area (Å²) >= 11 is 0. The standard InChI is InChI=1S/C19H13N3O5/c1-11(23)21-13-3-5-14(6-4-13)22-17(24)15-7-2-12(10-16(15)18(22)25)19(26)27-9-8-20/h2-7,10H,9H2,1H3,(H,21,23). The first-order valence-electron chi connectivity index (χ1n) is 7.87. The molecule has 0 fully saturated rings. The average Bonchev–Trinajstić information content (AvgIpc) is 2.90. The van der Waals surface area contributed by atoms with Crippen molar-refractivity contribution >= 4 is 35.1 Å². The molecule has 0 unspecified atom stereocenters. The van der Waals surface area contributed by atoms with Crippen LogP contribution in [0.4, 0.5) is 11.4 Å². The Kier molecular flexibility index (Phi) is 4.68. The normalized spacial score (nSPS) is 12.4. The van der Waals surface area contributed by atoms with Crippen LogP contribution in [0.5, 0.6) is 0 Å². The summed E-state index contributed by atoms with van der Waals surface area (Å²) in [6, 6.07) is 11.9. The Morgan fingerprint density at radius 3 is 2.37 bits per heavy atom. The van der Waals surface area contributed by atoms with Crippen LogP contribution in [-0.4, -0.2) is 30.3 Å². The van der Waals surface area contributed by atoms with Crippen LogP contribution in [0.2, 0.25) is 0 Å². The highest BCUT2D eigenvalue weighted by molar-refractivity contribution is 6.34. The minimum Gasteiger partial charge on any atom is -0.447 e. The number of imide groups is 1. The number of benzene rings is 2. The second-order valence-corrected chi connectivity index (χ2v) is 5.67. The molecule has 0 radical (unpaired) electrons. The van der Waals surface area contributed by atoms with Crippen LogP contribution in [0.15, 0.2) is 42.5 Å². The molecule has 0 bridgehead atoms. The molecule has 134 valence electrons. The van der Waals surface area contributed by atoms with Crippen LogP contribution >= 0.6 is 0 Å². The monoisotopic (exact) mass is 363 g/mol. The molecule has 8 nitrogen and oxygen atoms in total. The summed E-state index contributed by atoms with van der Waals surface area (Å²) in [6.07, 6.45) is 0. The number of nitriles is 1. The summed E-state index contributed by atoms with van der Waals surface area (Å²) in [5.74, 6) is -2.08. The average molecular weight is 363 g/mol. The van der Waals surface area contributed by atoms with Crippen molar-refractivity contribution in [1.82, 2.24) is 0 Å². The molecule has 0 spiro atoms. The fraction of sp³-hybridized carbons (Fsp3) is 0.105. The maximum Gasteiger partial charge on any atom is 0.339 e. The van der Waals surface area contributed by atoms with Gasteiger partial charge in [0, 0.05) is 12.6 Å². The molecule has 2 aromatic carbocycles. The molecule has 0 saturated carbocycles. The van der Waals surface area contributed by atoms with Crippen molar-refractivity contribution in [2.45, 2.75) is 6.92 Å². The van der Waals surface area contributed by atoms with E-state index in [0.29, 0.717) is 11.4 Å². The highest BCUT2D eigenvalue weighted by Gasteiger charge is 2.37. The molecule has 1 N–H and O–H groups in total. The number of amides is 3. The largest absolute Gasteiger partial charge is 0.447 e. The van der Waals surface area contributed by atoms with Crippen molar-refractivity contribution in [3.05, 3.63) is 59.2 Å². The first-order chi connectivity index (χ1) is 12.9. The number of anilines is 2. The molecule has 0 aliphatic carbocycles. The van der Waals surface area contributed by atoms with E-state index in [1.54, 1.807) is 18.2 Å². The molecule has 1 aliphatic rings. The Morgan fingerprint density at radius 1 is 1.07 bits per heavy atom. The van der Waals surface area contributed by atoms with E-state index in [0.717, 1.165) is 4.90 Å². The zero-order valence-electron chi connectivity index (χ0n) is 14.2. The molecular weight excluding hydrogens is 350 g/mol. The van der Waals surface area contributed by atoms with E-state index >= 15 is 0 Å². The topological polar surface area (TPSA) is 117 Å². The van der Waals surface area contributed by atoms with Gasteiger partial charge in [-0.25, -0.2) is 9.69 Å². The number of fused-ring (bicyclic) bond motifs is 1. The van der Waals surface area contributed by atoms with Gasteiger partial charge in [0.25, 0.3) is 11.8 Å². The van der Waals surface area contributed by atoms with Crippen molar-refractivity contribution in [3.8, 4) is 6.07 Å². The van der Waals surface area contributed by atoms with Crippen molar-refractivity contribution in [2.75, 3.05) is 16.8 Å². The van der Waals surface area contributed by atoms with Gasteiger partial charge in [-0.3, -0.25) is 14.4 Å². The minimum atomic E-state index is -0.752. The lowest BCUT2D eigenvalue weighted by Crippen LogP contribution is -2.29. The van der Waals surface area contributed by atoms with Crippen LogP contribution in [-0.2, 0) is 9.53 Å². The Balaban J connectivity index is 1.88. The van der Waals surface area contributed by atoms with E-state index in [1.165, 1.54) is 37.3 Å². The number of carbonyl (C=O) groups excluding carboxylic acids is 4. The fourth-order valence-electron chi connectivity index (χ4n) is 2.68. The smallest absolute Gasteiger partial charge is 0.339 e. The van der Waals surface area contributed by atoms with Crippen LogP contribution in [0.25, 0.3) is 0 Å². The van der Waals surface area contributed by atoms with Gasteiger partial charge in [0.05, 0.1) is 22.4 Å². The Morgan fingerprint density at radius 2 is 1.74 bits per heavy atom. The van der Waals surface area contributed by atoms with E-state index in [-0.39, 0.29) is 22.6 Å². The van der Waals surface area contributed by atoms with Gasteiger partial charge in [-0.05, 0) is 42.5 Å². The molecule has 8 heteroatoms. The summed E-state index contributed by atoms with van der Waals surface area (Å²) < 4.78 is 4.71. The molecule has 1 heterocycles. The maximum absolute atomic E-state index is 12.7. The molecule has 0 saturated heterocycles. The molecule has 0 aromatic heterocycles. The number of hydrogen-bond acceptors (Lipinski definition) is 6. The van der Waals surface area contributed by atoms with Crippen molar-refractivity contribution in [1.29, 1.82) is 5.26 Å². The van der Waals surface area contributed by atoms with Crippen molar-refractivity contribution in [3.63, 3.8) is 0 Å². The van der Waals surface area contributed by atoms with E-state index in [4.69, 9.17) is 10.00 Å². The zero-order chi connectivity index (χ0) is 19.6. The third-order valence-corrected chi connectivity index (χ3v) is 3.84. The van der Waals surface area contributed by atoms with Gasteiger partial charge in [-0.15, -0.1) is 0 Å². The van der Waals surface area contributed by atoms with Gasteiger partial charge in [0.1, 0.15) is 6.07 Å². The maximum atomic E-state index is 12.7. The van der Waals surface area contributed by atoms with Gasteiger partial charge >= 0.3 is 5.97 Å².